The number of hydrogen-bond acceptors (Lipinski definition) is 2. The van der Waals surface area contributed by atoms with Crippen LogP contribution in [0.4, 0.5) is 0 Å². The van der Waals surface area contributed by atoms with Crippen molar-refractivity contribution in [3.05, 3.63) is 35.4 Å². The van der Waals surface area contributed by atoms with Gasteiger partial charge in [-0.2, -0.15) is 0 Å². The molecule has 0 heterocycles. The molecule has 0 aromatic heterocycles. The lowest BCUT2D eigenvalue weighted by molar-refractivity contribution is 0.331. The van der Waals surface area contributed by atoms with Gasteiger partial charge < -0.3 is 0 Å². The fourth-order valence-corrected chi connectivity index (χ4v) is 2.96. The standard InChI is InChI=1S/C16H26N2/c1-16(2,3)13-10-8-12(9-11-13)14-6-4-5-7-15(14)18-17/h8-11,14-15,18H,4-7,17H2,1-3H3. The highest BCUT2D eigenvalue weighted by atomic mass is 15.2. The van der Waals surface area contributed by atoms with Gasteiger partial charge >= 0.3 is 0 Å². The molecular formula is C16H26N2. The van der Waals surface area contributed by atoms with Gasteiger partial charge in [-0.25, -0.2) is 0 Å². The van der Waals surface area contributed by atoms with E-state index in [1.807, 2.05) is 0 Å². The van der Waals surface area contributed by atoms with Gasteiger partial charge in [0.05, 0.1) is 0 Å². The van der Waals surface area contributed by atoms with E-state index in [0.717, 1.165) is 0 Å². The topological polar surface area (TPSA) is 38.0 Å². The summed E-state index contributed by atoms with van der Waals surface area (Å²) in [5.41, 5.74) is 6.07. The molecule has 0 radical (unpaired) electrons. The minimum Gasteiger partial charge on any atom is -0.271 e. The first-order valence-corrected chi connectivity index (χ1v) is 7.09. The fraction of sp³-hybridized carbons (Fsp3) is 0.625. The Kier molecular flexibility index (Phi) is 4.08. The Morgan fingerprint density at radius 2 is 1.67 bits per heavy atom. The Labute approximate surface area is 111 Å². The molecule has 0 saturated heterocycles. The zero-order valence-electron chi connectivity index (χ0n) is 11.9. The number of hydrogen-bond donors (Lipinski definition) is 2. The number of rotatable bonds is 2. The molecule has 2 nitrogen and oxygen atoms in total. The molecule has 2 heteroatoms. The minimum absolute atomic E-state index is 0.233. The van der Waals surface area contributed by atoms with Crippen molar-refractivity contribution in [2.24, 2.45) is 5.84 Å². The Morgan fingerprint density at radius 1 is 1.06 bits per heavy atom. The first-order valence-electron chi connectivity index (χ1n) is 7.09. The Hall–Kier alpha value is -0.860. The summed E-state index contributed by atoms with van der Waals surface area (Å²) in [6, 6.07) is 9.58. The molecule has 1 saturated carbocycles. The van der Waals surface area contributed by atoms with Crippen LogP contribution in [0, 0.1) is 0 Å². The van der Waals surface area contributed by atoms with Gasteiger partial charge in [0.15, 0.2) is 0 Å². The maximum Gasteiger partial charge on any atom is 0.0279 e. The first-order chi connectivity index (χ1) is 8.52. The summed E-state index contributed by atoms with van der Waals surface area (Å²) >= 11 is 0. The molecule has 2 atom stereocenters. The Balaban J connectivity index is 2.18. The van der Waals surface area contributed by atoms with Crippen LogP contribution in [0.1, 0.15) is 63.5 Å². The van der Waals surface area contributed by atoms with Crippen molar-refractivity contribution in [3.8, 4) is 0 Å². The predicted octanol–water partition coefficient (Wildman–Crippen LogP) is 3.47. The number of nitrogens with two attached hydrogens (primary N) is 1. The predicted molar refractivity (Wildman–Crippen MR) is 77.5 cm³/mol. The molecule has 1 aliphatic carbocycles. The third-order valence-corrected chi connectivity index (χ3v) is 4.18. The van der Waals surface area contributed by atoms with Crippen LogP contribution >= 0.6 is 0 Å². The van der Waals surface area contributed by atoms with E-state index in [1.165, 1.54) is 36.8 Å². The van der Waals surface area contributed by atoms with Gasteiger partial charge in [-0.3, -0.25) is 11.3 Å². The zero-order chi connectivity index (χ0) is 13.2. The Morgan fingerprint density at radius 3 is 2.22 bits per heavy atom. The lowest BCUT2D eigenvalue weighted by atomic mass is 9.79. The highest BCUT2D eigenvalue weighted by molar-refractivity contribution is 5.30. The molecule has 0 bridgehead atoms. The molecule has 0 spiro atoms. The smallest absolute Gasteiger partial charge is 0.0279 e. The number of nitrogens with one attached hydrogen (secondary N) is 1. The maximum atomic E-state index is 5.68. The average molecular weight is 246 g/mol. The van der Waals surface area contributed by atoms with Gasteiger partial charge in [-0.05, 0) is 29.4 Å². The lowest BCUT2D eigenvalue weighted by Crippen LogP contribution is -2.41. The average Bonchev–Trinajstić information content (AvgIpc) is 2.38. The normalized spacial score (nSPS) is 25.1. The molecule has 1 fully saturated rings. The van der Waals surface area contributed by atoms with Gasteiger partial charge in [-0.15, -0.1) is 0 Å². The summed E-state index contributed by atoms with van der Waals surface area (Å²) in [5, 5.41) is 0. The highest BCUT2D eigenvalue weighted by Gasteiger charge is 2.25. The third-order valence-electron chi connectivity index (χ3n) is 4.18. The van der Waals surface area contributed by atoms with Crippen molar-refractivity contribution >= 4 is 0 Å². The second-order valence-corrected chi connectivity index (χ2v) is 6.54. The van der Waals surface area contributed by atoms with E-state index in [2.05, 4.69) is 50.5 Å². The fourth-order valence-electron chi connectivity index (χ4n) is 2.96. The molecule has 1 aromatic rings. The van der Waals surface area contributed by atoms with Gasteiger partial charge in [0, 0.05) is 12.0 Å². The van der Waals surface area contributed by atoms with Crippen molar-refractivity contribution in [2.45, 2.75) is 63.8 Å². The van der Waals surface area contributed by atoms with Gasteiger partial charge in [-0.1, -0.05) is 57.9 Å². The highest BCUT2D eigenvalue weighted by Crippen LogP contribution is 2.33. The monoisotopic (exact) mass is 246 g/mol. The largest absolute Gasteiger partial charge is 0.271 e. The second kappa shape index (κ2) is 5.41. The molecule has 2 unspecified atom stereocenters. The van der Waals surface area contributed by atoms with Crippen molar-refractivity contribution in [1.82, 2.24) is 5.43 Å². The van der Waals surface area contributed by atoms with E-state index < -0.39 is 0 Å². The van der Waals surface area contributed by atoms with Crippen LogP contribution in [-0.4, -0.2) is 6.04 Å². The number of hydrazine groups is 1. The van der Waals surface area contributed by atoms with Gasteiger partial charge in [0.2, 0.25) is 0 Å². The zero-order valence-corrected chi connectivity index (χ0v) is 11.9. The van der Waals surface area contributed by atoms with Gasteiger partial charge in [0.25, 0.3) is 0 Å². The summed E-state index contributed by atoms with van der Waals surface area (Å²) in [6.07, 6.45) is 5.07. The molecule has 0 aliphatic heterocycles. The third kappa shape index (κ3) is 2.93. The molecule has 18 heavy (non-hydrogen) atoms. The first kappa shape index (κ1) is 13.6. The summed E-state index contributed by atoms with van der Waals surface area (Å²) in [7, 11) is 0. The molecule has 1 aliphatic rings. The van der Waals surface area contributed by atoms with Crippen LogP contribution in [-0.2, 0) is 5.41 Å². The van der Waals surface area contributed by atoms with Crippen LogP contribution in [0.25, 0.3) is 0 Å². The van der Waals surface area contributed by atoms with E-state index in [1.54, 1.807) is 0 Å². The lowest BCUT2D eigenvalue weighted by Gasteiger charge is -2.31. The van der Waals surface area contributed by atoms with Gasteiger partial charge in [0.1, 0.15) is 0 Å². The SMILES string of the molecule is CC(C)(C)c1ccc(C2CCCCC2NN)cc1. The van der Waals surface area contributed by atoms with E-state index in [-0.39, 0.29) is 5.41 Å². The van der Waals surface area contributed by atoms with Crippen molar-refractivity contribution in [3.63, 3.8) is 0 Å². The Bertz CT molecular complexity index is 375. The molecule has 100 valence electrons. The van der Waals surface area contributed by atoms with Crippen molar-refractivity contribution < 1.29 is 0 Å². The van der Waals surface area contributed by atoms with Crippen LogP contribution < -0.4 is 11.3 Å². The van der Waals surface area contributed by atoms with E-state index in [0.29, 0.717) is 12.0 Å². The maximum absolute atomic E-state index is 5.68. The molecule has 1 aromatic carbocycles. The van der Waals surface area contributed by atoms with Crippen molar-refractivity contribution in [1.29, 1.82) is 0 Å². The minimum atomic E-state index is 0.233. The summed E-state index contributed by atoms with van der Waals surface area (Å²) < 4.78 is 0. The summed E-state index contributed by atoms with van der Waals surface area (Å²) in [6.45, 7) is 6.77. The van der Waals surface area contributed by atoms with Crippen molar-refractivity contribution in [2.75, 3.05) is 0 Å². The van der Waals surface area contributed by atoms with Crippen LogP contribution in [0.2, 0.25) is 0 Å². The van der Waals surface area contributed by atoms with Crippen LogP contribution in [0.15, 0.2) is 24.3 Å². The molecular weight excluding hydrogens is 220 g/mol. The molecule has 0 amide bonds. The van der Waals surface area contributed by atoms with E-state index >= 15 is 0 Å². The summed E-state index contributed by atoms with van der Waals surface area (Å²) in [4.78, 5) is 0. The van der Waals surface area contributed by atoms with Crippen LogP contribution in [0.5, 0.6) is 0 Å². The van der Waals surface area contributed by atoms with E-state index in [9.17, 15) is 0 Å². The number of benzene rings is 1. The second-order valence-electron chi connectivity index (χ2n) is 6.54. The van der Waals surface area contributed by atoms with Crippen LogP contribution in [0.3, 0.4) is 0 Å². The molecule has 2 rings (SSSR count). The van der Waals surface area contributed by atoms with E-state index in [4.69, 9.17) is 5.84 Å². The summed E-state index contributed by atoms with van der Waals surface area (Å²) in [5.74, 6) is 6.26. The quantitative estimate of drug-likeness (QED) is 0.619. The molecule has 3 N–H and O–H groups in total.